The molecular weight excluding hydrogens is 314 g/mol. The molecule has 0 N–H and O–H groups in total. The molecule has 1 aromatic heterocycles. The molecule has 0 bridgehead atoms. The lowest BCUT2D eigenvalue weighted by Crippen LogP contribution is -2.20. The van der Waals surface area contributed by atoms with Crippen LogP contribution in [0.25, 0.3) is 5.69 Å². The van der Waals surface area contributed by atoms with E-state index in [-0.39, 0.29) is 16.8 Å². The van der Waals surface area contributed by atoms with Gasteiger partial charge in [0.1, 0.15) is 17.0 Å². The average molecular weight is 324 g/mol. The number of para-hydroxylation sites is 2. The van der Waals surface area contributed by atoms with Gasteiger partial charge in [-0.2, -0.15) is 10.2 Å². The summed E-state index contributed by atoms with van der Waals surface area (Å²) >= 11 is 6.00. The van der Waals surface area contributed by atoms with E-state index in [0.717, 1.165) is 0 Å². The fourth-order valence-corrected chi connectivity index (χ4v) is 2.22. The van der Waals surface area contributed by atoms with Gasteiger partial charge in [-0.1, -0.05) is 41.9 Å². The van der Waals surface area contributed by atoms with Crippen molar-refractivity contribution in [1.82, 2.24) is 9.55 Å². The molecule has 2 aromatic carbocycles. The SMILES string of the molecule is N#Cc1ccccc1Oc1nc(Cl)cn(-c2ccccc2)c1=O. The Balaban J connectivity index is 2.10. The van der Waals surface area contributed by atoms with Crippen molar-refractivity contribution in [1.29, 1.82) is 5.26 Å². The van der Waals surface area contributed by atoms with Crippen molar-refractivity contribution < 1.29 is 4.74 Å². The van der Waals surface area contributed by atoms with Crippen LogP contribution in [0.3, 0.4) is 0 Å². The summed E-state index contributed by atoms with van der Waals surface area (Å²) in [5, 5.41) is 9.20. The summed E-state index contributed by atoms with van der Waals surface area (Å²) in [4.78, 5) is 16.5. The van der Waals surface area contributed by atoms with E-state index in [4.69, 9.17) is 21.6 Å². The number of halogens is 1. The van der Waals surface area contributed by atoms with Crippen molar-refractivity contribution in [2.45, 2.75) is 0 Å². The Morgan fingerprint density at radius 1 is 1.09 bits per heavy atom. The summed E-state index contributed by atoms with van der Waals surface area (Å²) in [6, 6.07) is 17.6. The molecule has 0 radical (unpaired) electrons. The van der Waals surface area contributed by atoms with Gasteiger partial charge in [0.25, 0.3) is 5.88 Å². The maximum Gasteiger partial charge on any atom is 0.318 e. The van der Waals surface area contributed by atoms with E-state index in [1.165, 1.54) is 10.8 Å². The molecule has 1 heterocycles. The van der Waals surface area contributed by atoms with E-state index in [9.17, 15) is 4.79 Å². The normalized spacial score (nSPS) is 10.1. The van der Waals surface area contributed by atoms with Crippen LogP contribution in [0.5, 0.6) is 11.6 Å². The predicted octanol–water partition coefficient (Wildman–Crippen LogP) is 3.55. The lowest BCUT2D eigenvalue weighted by Gasteiger charge is -2.10. The Kier molecular flexibility index (Phi) is 4.09. The van der Waals surface area contributed by atoms with Crippen molar-refractivity contribution in [3.63, 3.8) is 0 Å². The third kappa shape index (κ3) is 3.07. The minimum Gasteiger partial charge on any atom is -0.433 e. The van der Waals surface area contributed by atoms with Gasteiger partial charge in [-0.15, -0.1) is 0 Å². The molecule has 0 unspecified atom stereocenters. The van der Waals surface area contributed by atoms with Crippen LogP contribution >= 0.6 is 11.6 Å². The molecule has 3 rings (SSSR count). The topological polar surface area (TPSA) is 67.9 Å². The monoisotopic (exact) mass is 323 g/mol. The smallest absolute Gasteiger partial charge is 0.318 e. The van der Waals surface area contributed by atoms with Gasteiger partial charge in [-0.25, -0.2) is 0 Å². The first kappa shape index (κ1) is 14.8. The van der Waals surface area contributed by atoms with E-state index in [0.29, 0.717) is 11.3 Å². The molecule has 6 heteroatoms. The molecule has 0 aliphatic heterocycles. The zero-order valence-corrected chi connectivity index (χ0v) is 12.6. The lowest BCUT2D eigenvalue weighted by molar-refractivity contribution is 0.450. The molecule has 0 aliphatic rings. The molecular formula is C17H10ClN3O2. The van der Waals surface area contributed by atoms with Crippen molar-refractivity contribution >= 4 is 11.6 Å². The summed E-state index contributed by atoms with van der Waals surface area (Å²) in [5.41, 5.74) is 0.480. The van der Waals surface area contributed by atoms with E-state index < -0.39 is 5.56 Å². The summed E-state index contributed by atoms with van der Waals surface area (Å²) in [6.45, 7) is 0. The first-order valence-electron chi connectivity index (χ1n) is 6.70. The molecule has 0 atom stereocenters. The molecule has 23 heavy (non-hydrogen) atoms. The van der Waals surface area contributed by atoms with Gasteiger partial charge in [0.15, 0.2) is 0 Å². The summed E-state index contributed by atoms with van der Waals surface area (Å²) in [6.07, 6.45) is 1.42. The minimum atomic E-state index is -0.464. The zero-order valence-electron chi connectivity index (χ0n) is 11.8. The Hall–Kier alpha value is -3.10. The Bertz CT molecular complexity index is 946. The molecule has 0 fully saturated rings. The maximum atomic E-state index is 12.6. The van der Waals surface area contributed by atoms with E-state index in [1.807, 2.05) is 24.3 Å². The number of nitrogens with zero attached hydrogens (tertiary/aromatic N) is 3. The standard InChI is InChI=1S/C17H10ClN3O2/c18-15-11-21(13-7-2-1-3-8-13)17(22)16(20-15)23-14-9-5-4-6-12(14)10-19/h1-9,11H. The fourth-order valence-electron chi connectivity index (χ4n) is 2.04. The molecule has 0 aliphatic carbocycles. The number of ether oxygens (including phenoxy) is 1. The van der Waals surface area contributed by atoms with Crippen molar-refractivity contribution in [2.75, 3.05) is 0 Å². The summed E-state index contributed by atoms with van der Waals surface area (Å²) < 4.78 is 6.87. The number of aromatic nitrogens is 2. The number of rotatable bonds is 3. The zero-order chi connectivity index (χ0) is 16.2. The first-order chi connectivity index (χ1) is 11.2. The first-order valence-corrected chi connectivity index (χ1v) is 7.08. The van der Waals surface area contributed by atoms with Gasteiger partial charge < -0.3 is 4.74 Å². The molecule has 0 amide bonds. The highest BCUT2D eigenvalue weighted by Crippen LogP contribution is 2.22. The van der Waals surface area contributed by atoms with Crippen LogP contribution in [0.4, 0.5) is 0 Å². The van der Waals surface area contributed by atoms with Gasteiger partial charge in [-0.3, -0.25) is 9.36 Å². The van der Waals surface area contributed by atoms with Gasteiger partial charge in [0.2, 0.25) is 0 Å². The Labute approximate surface area is 137 Å². The van der Waals surface area contributed by atoms with Crippen LogP contribution in [0.1, 0.15) is 5.56 Å². The summed E-state index contributed by atoms with van der Waals surface area (Å²) in [7, 11) is 0. The minimum absolute atomic E-state index is 0.109. The largest absolute Gasteiger partial charge is 0.433 e. The van der Waals surface area contributed by atoms with Crippen LogP contribution in [0.2, 0.25) is 5.15 Å². The molecule has 112 valence electrons. The molecule has 0 saturated heterocycles. The Morgan fingerprint density at radius 2 is 1.78 bits per heavy atom. The Morgan fingerprint density at radius 3 is 2.52 bits per heavy atom. The van der Waals surface area contributed by atoms with E-state index in [1.54, 1.807) is 36.4 Å². The highest BCUT2D eigenvalue weighted by molar-refractivity contribution is 6.29. The third-order valence-electron chi connectivity index (χ3n) is 3.09. The van der Waals surface area contributed by atoms with Gasteiger partial charge in [0, 0.05) is 5.69 Å². The maximum absolute atomic E-state index is 12.6. The van der Waals surface area contributed by atoms with Gasteiger partial charge in [0.05, 0.1) is 11.8 Å². The molecule has 0 spiro atoms. The highest BCUT2D eigenvalue weighted by Gasteiger charge is 2.13. The van der Waals surface area contributed by atoms with Gasteiger partial charge in [-0.05, 0) is 24.3 Å². The lowest BCUT2D eigenvalue weighted by atomic mass is 10.2. The van der Waals surface area contributed by atoms with Crippen LogP contribution in [-0.4, -0.2) is 9.55 Å². The van der Waals surface area contributed by atoms with E-state index in [2.05, 4.69) is 4.98 Å². The summed E-state index contributed by atoms with van der Waals surface area (Å²) in [5.74, 6) is 0.0607. The highest BCUT2D eigenvalue weighted by atomic mass is 35.5. The number of hydrogen-bond acceptors (Lipinski definition) is 4. The second-order valence-corrected chi connectivity index (χ2v) is 4.98. The van der Waals surface area contributed by atoms with Crippen LogP contribution in [-0.2, 0) is 0 Å². The number of hydrogen-bond donors (Lipinski definition) is 0. The second-order valence-electron chi connectivity index (χ2n) is 4.59. The van der Waals surface area contributed by atoms with Crippen molar-refractivity contribution in [3.05, 3.63) is 81.9 Å². The van der Waals surface area contributed by atoms with Crippen LogP contribution in [0, 0.1) is 11.3 Å². The number of benzene rings is 2. The third-order valence-corrected chi connectivity index (χ3v) is 3.28. The van der Waals surface area contributed by atoms with Crippen LogP contribution < -0.4 is 10.3 Å². The fraction of sp³-hybridized carbons (Fsp3) is 0. The number of nitriles is 1. The quantitative estimate of drug-likeness (QED) is 0.739. The van der Waals surface area contributed by atoms with Crippen LogP contribution in [0.15, 0.2) is 65.6 Å². The molecule has 5 nitrogen and oxygen atoms in total. The van der Waals surface area contributed by atoms with E-state index >= 15 is 0 Å². The van der Waals surface area contributed by atoms with Gasteiger partial charge >= 0.3 is 5.56 Å². The molecule has 3 aromatic rings. The molecule has 0 saturated carbocycles. The van der Waals surface area contributed by atoms with Crippen molar-refractivity contribution in [2.24, 2.45) is 0 Å². The average Bonchev–Trinajstić information content (AvgIpc) is 2.59. The van der Waals surface area contributed by atoms with Crippen molar-refractivity contribution in [3.8, 4) is 23.4 Å². The second kappa shape index (κ2) is 6.34. The predicted molar refractivity (Wildman–Crippen MR) is 86.1 cm³/mol.